The van der Waals surface area contributed by atoms with Crippen LogP contribution in [0, 0.1) is 18.3 Å². The Morgan fingerprint density at radius 2 is 1.82 bits per heavy atom. The van der Waals surface area contributed by atoms with E-state index in [9.17, 15) is 4.79 Å². The van der Waals surface area contributed by atoms with Gasteiger partial charge in [-0.3, -0.25) is 4.79 Å². The van der Waals surface area contributed by atoms with Crippen molar-refractivity contribution in [2.75, 3.05) is 11.9 Å². The number of rotatable bonds is 8. The van der Waals surface area contributed by atoms with Crippen molar-refractivity contribution in [3.8, 4) is 17.5 Å². The van der Waals surface area contributed by atoms with Gasteiger partial charge in [0.2, 0.25) is 17.6 Å². The molecule has 8 heteroatoms. The van der Waals surface area contributed by atoms with E-state index in [1.165, 1.54) is 0 Å². The molecule has 2 heterocycles. The summed E-state index contributed by atoms with van der Waals surface area (Å²) in [7, 11) is 0. The Morgan fingerprint density at radius 3 is 2.44 bits per heavy atom. The predicted octanol–water partition coefficient (Wildman–Crippen LogP) is 4.38. The molecule has 0 aliphatic carbocycles. The van der Waals surface area contributed by atoms with Crippen molar-refractivity contribution in [2.24, 2.45) is 0 Å². The number of aromatic nitrogens is 3. The largest absolute Gasteiger partial charge is 0.339 e. The maximum Gasteiger partial charge on any atom is 0.247 e. The predicted molar refractivity (Wildman–Crippen MR) is 128 cm³/mol. The van der Waals surface area contributed by atoms with E-state index in [-0.39, 0.29) is 11.8 Å². The van der Waals surface area contributed by atoms with Gasteiger partial charge in [-0.25, -0.2) is 4.98 Å². The summed E-state index contributed by atoms with van der Waals surface area (Å²) >= 11 is 0. The van der Waals surface area contributed by atoms with E-state index in [0.717, 1.165) is 11.1 Å². The molecule has 0 unspecified atom stereocenters. The molecular weight excluding hydrogens is 428 g/mol. The van der Waals surface area contributed by atoms with Crippen LogP contribution in [-0.4, -0.2) is 27.6 Å². The molecule has 0 saturated heterocycles. The van der Waals surface area contributed by atoms with Crippen LogP contribution in [0.1, 0.15) is 41.5 Å². The number of nitrogens with one attached hydrogen (secondary N) is 2. The number of benzene rings is 2. The van der Waals surface area contributed by atoms with Crippen molar-refractivity contribution in [3.63, 3.8) is 0 Å². The normalized spacial score (nSPS) is 12.5. The van der Waals surface area contributed by atoms with Crippen LogP contribution in [0.4, 0.5) is 5.82 Å². The van der Waals surface area contributed by atoms with Crippen LogP contribution in [-0.2, 0) is 4.79 Å². The third-order valence-electron chi connectivity index (χ3n) is 5.43. The molecule has 4 aromatic rings. The monoisotopic (exact) mass is 452 g/mol. The summed E-state index contributed by atoms with van der Waals surface area (Å²) in [5.41, 5.74) is 3.26. The maximum atomic E-state index is 13.2. The molecule has 2 aromatic heterocycles. The molecule has 2 N–H and O–H groups in total. The molecular formula is C26H24N6O2. The first-order chi connectivity index (χ1) is 16.5. The van der Waals surface area contributed by atoms with Gasteiger partial charge in [-0.1, -0.05) is 54.5 Å². The number of carbonyl (C=O) groups is 1. The van der Waals surface area contributed by atoms with E-state index in [2.05, 4.69) is 38.8 Å². The zero-order valence-electron chi connectivity index (χ0n) is 18.9. The lowest BCUT2D eigenvalue weighted by Crippen LogP contribution is -2.35. The lowest BCUT2D eigenvalue weighted by atomic mass is 9.98. The van der Waals surface area contributed by atoms with Gasteiger partial charge in [-0.15, -0.1) is 0 Å². The smallest absolute Gasteiger partial charge is 0.247 e. The van der Waals surface area contributed by atoms with Crippen molar-refractivity contribution < 1.29 is 9.32 Å². The highest BCUT2D eigenvalue weighted by molar-refractivity contribution is 5.94. The van der Waals surface area contributed by atoms with Gasteiger partial charge in [-0.2, -0.15) is 10.2 Å². The Hall–Kier alpha value is -4.35. The maximum absolute atomic E-state index is 13.2. The van der Waals surface area contributed by atoms with Gasteiger partial charge in [0.05, 0.1) is 11.6 Å². The Balaban J connectivity index is 1.46. The van der Waals surface area contributed by atoms with Gasteiger partial charge < -0.3 is 15.2 Å². The summed E-state index contributed by atoms with van der Waals surface area (Å²) in [6.45, 7) is 4.37. The summed E-state index contributed by atoms with van der Waals surface area (Å²) in [5, 5.41) is 19.2. The van der Waals surface area contributed by atoms with Crippen LogP contribution in [0.15, 0.2) is 77.4 Å². The van der Waals surface area contributed by atoms with E-state index in [4.69, 9.17) is 9.78 Å². The van der Waals surface area contributed by atoms with Gasteiger partial charge in [0, 0.05) is 25.2 Å². The minimum absolute atomic E-state index is 0.141. The molecule has 0 fully saturated rings. The second-order valence-corrected chi connectivity index (χ2v) is 7.95. The van der Waals surface area contributed by atoms with E-state index in [1.54, 1.807) is 37.4 Å². The fraction of sp³-hybridized carbons (Fsp3) is 0.192. The van der Waals surface area contributed by atoms with Crippen LogP contribution in [0.5, 0.6) is 0 Å². The van der Waals surface area contributed by atoms with Crippen LogP contribution in [0.2, 0.25) is 0 Å². The van der Waals surface area contributed by atoms with Gasteiger partial charge in [0.15, 0.2) is 0 Å². The number of hydrogen-bond donors (Lipinski definition) is 2. The van der Waals surface area contributed by atoms with Crippen LogP contribution in [0.3, 0.4) is 0 Å². The number of nitriles is 1. The zero-order chi connectivity index (χ0) is 23.9. The third-order valence-corrected chi connectivity index (χ3v) is 5.43. The van der Waals surface area contributed by atoms with Gasteiger partial charge in [0.1, 0.15) is 11.9 Å². The molecule has 34 heavy (non-hydrogen) atoms. The second-order valence-electron chi connectivity index (χ2n) is 7.95. The summed E-state index contributed by atoms with van der Waals surface area (Å²) in [4.78, 5) is 21.7. The number of nitrogens with zero attached hydrogens (tertiary/aromatic N) is 4. The molecule has 2 atom stereocenters. The summed E-state index contributed by atoms with van der Waals surface area (Å²) in [6.07, 6.45) is 1.60. The molecule has 0 aliphatic heterocycles. The minimum Gasteiger partial charge on any atom is -0.339 e. The molecule has 2 aromatic carbocycles. The number of carbonyl (C=O) groups excluding carboxylic acids is 1. The number of anilines is 1. The van der Waals surface area contributed by atoms with Crippen LogP contribution >= 0.6 is 0 Å². The fourth-order valence-electron chi connectivity index (χ4n) is 3.52. The molecule has 4 rings (SSSR count). The zero-order valence-corrected chi connectivity index (χ0v) is 18.9. The SMILES string of the molecule is Cc1nc(-c2ccc(NC(=O)[C@H](NC[C@H](C)c3ccc(C#N)cc3)c3ccccc3)nc2)no1. The van der Waals surface area contributed by atoms with Crippen LogP contribution < -0.4 is 10.6 Å². The fourth-order valence-corrected chi connectivity index (χ4v) is 3.52. The lowest BCUT2D eigenvalue weighted by molar-refractivity contribution is -0.118. The van der Waals surface area contributed by atoms with Crippen molar-refractivity contribution in [2.45, 2.75) is 25.8 Å². The highest BCUT2D eigenvalue weighted by atomic mass is 16.5. The Kier molecular flexibility index (Phi) is 7.06. The Bertz CT molecular complexity index is 1280. The van der Waals surface area contributed by atoms with Crippen LogP contribution in [0.25, 0.3) is 11.4 Å². The second kappa shape index (κ2) is 10.5. The first-order valence-corrected chi connectivity index (χ1v) is 10.9. The topological polar surface area (TPSA) is 117 Å². The molecule has 0 spiro atoms. The van der Waals surface area contributed by atoms with Crippen molar-refractivity contribution in [3.05, 3.63) is 95.5 Å². The third kappa shape index (κ3) is 5.52. The Labute approximate surface area is 197 Å². The minimum atomic E-state index is -0.566. The van der Waals surface area contributed by atoms with Crippen molar-refractivity contribution in [1.82, 2.24) is 20.4 Å². The first kappa shape index (κ1) is 22.8. The molecule has 0 bridgehead atoms. The van der Waals surface area contributed by atoms with Gasteiger partial charge in [0.25, 0.3) is 0 Å². The van der Waals surface area contributed by atoms with Crippen molar-refractivity contribution in [1.29, 1.82) is 5.26 Å². The summed E-state index contributed by atoms with van der Waals surface area (Å²) in [6, 6.07) is 22.1. The van der Waals surface area contributed by atoms with Crippen molar-refractivity contribution >= 4 is 11.7 Å². The summed E-state index contributed by atoms with van der Waals surface area (Å²) in [5.74, 6) is 1.27. The molecule has 1 amide bonds. The van der Waals surface area contributed by atoms with E-state index >= 15 is 0 Å². The van der Waals surface area contributed by atoms with E-state index in [0.29, 0.717) is 35.2 Å². The standard InChI is InChI=1S/C26H24N6O2/c1-17(20-10-8-19(14-27)9-11-20)15-29-24(21-6-4-3-5-7-21)26(33)31-23-13-12-22(16-28-23)25-30-18(2)34-32-25/h3-13,16-17,24,29H,15H2,1-2H3,(H,28,31,33)/t17-,24+/m0/s1. The highest BCUT2D eigenvalue weighted by Crippen LogP contribution is 2.21. The van der Waals surface area contributed by atoms with Gasteiger partial charge >= 0.3 is 0 Å². The van der Waals surface area contributed by atoms with E-state index < -0.39 is 6.04 Å². The molecule has 8 nitrogen and oxygen atoms in total. The highest BCUT2D eigenvalue weighted by Gasteiger charge is 2.22. The molecule has 170 valence electrons. The average molecular weight is 453 g/mol. The molecule has 0 saturated carbocycles. The number of amides is 1. The number of aryl methyl sites for hydroxylation is 1. The number of pyridine rings is 1. The van der Waals surface area contributed by atoms with E-state index in [1.807, 2.05) is 42.5 Å². The quantitative estimate of drug-likeness (QED) is 0.407. The molecule has 0 aliphatic rings. The number of hydrogen-bond acceptors (Lipinski definition) is 7. The molecule has 0 radical (unpaired) electrons. The van der Waals surface area contributed by atoms with Gasteiger partial charge in [-0.05, 0) is 41.3 Å². The first-order valence-electron chi connectivity index (χ1n) is 10.9. The lowest BCUT2D eigenvalue weighted by Gasteiger charge is -2.21. The summed E-state index contributed by atoms with van der Waals surface area (Å²) < 4.78 is 5.00. The Morgan fingerprint density at radius 1 is 1.06 bits per heavy atom. The average Bonchev–Trinajstić information content (AvgIpc) is 3.31.